The molecule has 3 heterocycles. The first-order valence-corrected chi connectivity index (χ1v) is 12.0. The number of aliphatic hydroxyl groups excluding tert-OH is 1. The Hall–Kier alpha value is -2.77. The number of hydrogen-bond donors (Lipinski definition) is 1. The summed E-state index contributed by atoms with van der Waals surface area (Å²) in [5, 5.41) is 9.62. The second-order valence-electron chi connectivity index (χ2n) is 10.2. The van der Waals surface area contributed by atoms with Crippen LogP contribution < -0.4 is 9.80 Å². The van der Waals surface area contributed by atoms with E-state index in [4.69, 9.17) is 4.74 Å². The number of rotatable bonds is 6. The maximum atomic E-state index is 15.4. The summed E-state index contributed by atoms with van der Waals surface area (Å²) >= 11 is 0. The molecule has 3 aliphatic heterocycles. The highest BCUT2D eigenvalue weighted by molar-refractivity contribution is 6.07. The minimum absolute atomic E-state index is 0.0988. The maximum absolute atomic E-state index is 15.4. The molecule has 0 saturated carbocycles. The van der Waals surface area contributed by atoms with Crippen molar-refractivity contribution in [1.82, 2.24) is 0 Å². The van der Waals surface area contributed by atoms with Gasteiger partial charge in [0.2, 0.25) is 5.91 Å². The van der Waals surface area contributed by atoms with E-state index in [-0.39, 0.29) is 24.8 Å². The molecule has 0 aromatic heterocycles. The molecule has 7 heteroatoms. The molecule has 2 aromatic carbocycles. The number of anilines is 2. The molecule has 0 unspecified atom stereocenters. The van der Waals surface area contributed by atoms with Gasteiger partial charge >= 0.3 is 0 Å². The van der Waals surface area contributed by atoms with Gasteiger partial charge in [-0.15, -0.1) is 0 Å². The predicted molar refractivity (Wildman–Crippen MR) is 127 cm³/mol. The number of alkyl halides is 1. The molecule has 5 rings (SSSR count). The molecule has 2 aromatic rings. The van der Waals surface area contributed by atoms with Gasteiger partial charge in [0.05, 0.1) is 18.3 Å². The van der Waals surface area contributed by atoms with Crippen LogP contribution in [0.15, 0.2) is 48.5 Å². The molecular weight excluding hydrogens is 435 g/mol. The smallest absolute Gasteiger partial charge is 0.264 e. The van der Waals surface area contributed by atoms with Gasteiger partial charge in [0.25, 0.3) is 5.91 Å². The van der Waals surface area contributed by atoms with E-state index < -0.39 is 29.2 Å². The number of halogens is 1. The van der Waals surface area contributed by atoms with Gasteiger partial charge in [-0.05, 0) is 44.0 Å². The van der Waals surface area contributed by atoms with Crippen LogP contribution in [0.1, 0.15) is 44.7 Å². The van der Waals surface area contributed by atoms with Gasteiger partial charge in [-0.2, -0.15) is 0 Å². The summed E-state index contributed by atoms with van der Waals surface area (Å²) in [4.78, 5) is 29.5. The first kappa shape index (κ1) is 23.0. The zero-order chi connectivity index (χ0) is 24.3. The Morgan fingerprint density at radius 3 is 2.59 bits per heavy atom. The Morgan fingerprint density at radius 1 is 1.18 bits per heavy atom. The molecule has 3 aliphatic rings. The number of hydrogen-bond acceptors (Lipinski definition) is 4. The molecule has 0 bridgehead atoms. The van der Waals surface area contributed by atoms with E-state index in [9.17, 15) is 14.7 Å². The van der Waals surface area contributed by atoms with E-state index in [1.807, 2.05) is 55.5 Å². The Balaban J connectivity index is 1.53. The molecule has 0 aliphatic carbocycles. The van der Waals surface area contributed by atoms with E-state index in [0.29, 0.717) is 19.5 Å². The summed E-state index contributed by atoms with van der Waals surface area (Å²) in [6.07, 6.45) is 0.254. The van der Waals surface area contributed by atoms with Gasteiger partial charge in [-0.25, -0.2) is 4.39 Å². The highest BCUT2D eigenvalue weighted by atomic mass is 19.1. The van der Waals surface area contributed by atoms with E-state index >= 15 is 4.39 Å². The van der Waals surface area contributed by atoms with Crippen LogP contribution in [0.5, 0.6) is 0 Å². The number of para-hydroxylation sites is 1. The number of amides is 2. The quantitative estimate of drug-likeness (QED) is 0.655. The predicted octanol–water partition coefficient (Wildman–Crippen LogP) is 3.95. The average molecular weight is 467 g/mol. The summed E-state index contributed by atoms with van der Waals surface area (Å²) in [7, 11) is 0. The largest absolute Gasteiger partial charge is 0.396 e. The summed E-state index contributed by atoms with van der Waals surface area (Å²) in [5.74, 6) is -1.08. The molecule has 2 amide bonds. The Kier molecular flexibility index (Phi) is 5.52. The third-order valence-electron chi connectivity index (χ3n) is 7.70. The molecule has 4 atom stereocenters. The molecule has 1 N–H and O–H groups in total. The first-order chi connectivity index (χ1) is 16.2. The molecular formula is C27H31FN2O4. The van der Waals surface area contributed by atoms with Crippen molar-refractivity contribution in [2.24, 2.45) is 11.8 Å². The average Bonchev–Trinajstić information content (AvgIpc) is 3.21. The van der Waals surface area contributed by atoms with Crippen molar-refractivity contribution < 1.29 is 23.8 Å². The highest BCUT2D eigenvalue weighted by Gasteiger charge is 2.65. The van der Waals surface area contributed by atoms with Crippen molar-refractivity contribution in [3.05, 3.63) is 59.7 Å². The fourth-order valence-corrected chi connectivity index (χ4v) is 6.15. The van der Waals surface area contributed by atoms with Crippen LogP contribution in [0.25, 0.3) is 0 Å². The molecule has 1 spiro atoms. The number of carbonyl (C=O) groups excluding carboxylic acids is 2. The Bertz CT molecular complexity index is 1130. The Labute approximate surface area is 199 Å². The minimum atomic E-state index is -1.58. The molecule has 34 heavy (non-hydrogen) atoms. The van der Waals surface area contributed by atoms with Crippen molar-refractivity contribution in [2.45, 2.75) is 57.5 Å². The molecule has 2 fully saturated rings. The standard InChI is InChI=1S/C27H31FN2O4/c1-17-24(26(2,3)28)22(12-14-31)34-27(17)20-9-4-5-10-21(20)30(25(27)33)16-18-7-6-8-19(15-18)29-13-11-23(29)32/h4-10,15,17,22,24,31H,11-14,16H2,1-3H3/t17-,22+,24-,27+/m0/s1. The van der Waals surface area contributed by atoms with Gasteiger partial charge in [0, 0.05) is 42.7 Å². The minimum Gasteiger partial charge on any atom is -0.396 e. The normalized spacial score (nSPS) is 28.6. The second-order valence-corrected chi connectivity index (χ2v) is 10.2. The molecule has 0 radical (unpaired) electrons. The SMILES string of the molecule is C[C@H]1[C@H](C(C)(C)F)[C@@H](CCO)O[C@]12C(=O)N(Cc1cccc(N3CCC3=O)c1)c1ccccc12. The lowest BCUT2D eigenvalue weighted by atomic mass is 9.71. The van der Waals surface area contributed by atoms with E-state index in [1.54, 1.807) is 9.80 Å². The number of nitrogens with zero attached hydrogens (tertiary/aromatic N) is 2. The fraction of sp³-hybridized carbons (Fsp3) is 0.481. The van der Waals surface area contributed by atoms with E-state index in [1.165, 1.54) is 13.8 Å². The topological polar surface area (TPSA) is 70.1 Å². The van der Waals surface area contributed by atoms with Crippen LogP contribution in [0.4, 0.5) is 15.8 Å². The third kappa shape index (κ3) is 3.36. The Morgan fingerprint density at radius 2 is 1.94 bits per heavy atom. The van der Waals surface area contributed by atoms with Gasteiger partial charge in [-0.1, -0.05) is 37.3 Å². The van der Waals surface area contributed by atoms with Crippen LogP contribution in [-0.4, -0.2) is 41.8 Å². The first-order valence-electron chi connectivity index (χ1n) is 12.0. The second kappa shape index (κ2) is 8.17. The number of carbonyl (C=O) groups is 2. The third-order valence-corrected chi connectivity index (χ3v) is 7.70. The van der Waals surface area contributed by atoms with Crippen LogP contribution in [0, 0.1) is 11.8 Å². The zero-order valence-electron chi connectivity index (χ0n) is 19.8. The highest BCUT2D eigenvalue weighted by Crippen LogP contribution is 2.58. The van der Waals surface area contributed by atoms with E-state index in [2.05, 4.69) is 0 Å². The van der Waals surface area contributed by atoms with Crippen molar-refractivity contribution in [1.29, 1.82) is 0 Å². The molecule has 180 valence electrons. The lowest BCUT2D eigenvalue weighted by Gasteiger charge is -2.32. The zero-order valence-corrected chi connectivity index (χ0v) is 19.8. The summed E-state index contributed by atoms with van der Waals surface area (Å²) in [5.41, 5.74) is 0.355. The maximum Gasteiger partial charge on any atom is 0.264 e. The summed E-state index contributed by atoms with van der Waals surface area (Å²) < 4.78 is 21.8. The van der Waals surface area contributed by atoms with E-state index in [0.717, 1.165) is 22.5 Å². The van der Waals surface area contributed by atoms with Gasteiger partial charge in [0.15, 0.2) is 5.60 Å². The fourth-order valence-electron chi connectivity index (χ4n) is 6.15. The van der Waals surface area contributed by atoms with Gasteiger partial charge in [0.1, 0.15) is 5.67 Å². The van der Waals surface area contributed by atoms with Crippen molar-refractivity contribution in [3.8, 4) is 0 Å². The number of fused-ring (bicyclic) bond motifs is 2. The number of aliphatic hydroxyl groups is 1. The number of benzene rings is 2. The van der Waals surface area contributed by atoms with Crippen molar-refractivity contribution in [3.63, 3.8) is 0 Å². The molecule has 6 nitrogen and oxygen atoms in total. The van der Waals surface area contributed by atoms with Crippen LogP contribution in [0.2, 0.25) is 0 Å². The van der Waals surface area contributed by atoms with Crippen LogP contribution in [-0.2, 0) is 26.5 Å². The molecule has 2 saturated heterocycles. The van der Waals surface area contributed by atoms with Crippen LogP contribution in [0.3, 0.4) is 0 Å². The summed E-state index contributed by atoms with van der Waals surface area (Å²) in [6, 6.07) is 15.2. The summed E-state index contributed by atoms with van der Waals surface area (Å²) in [6.45, 7) is 5.81. The lowest BCUT2D eigenvalue weighted by molar-refractivity contribution is -0.146. The number of ether oxygens (including phenoxy) is 1. The van der Waals surface area contributed by atoms with Gasteiger partial charge in [-0.3, -0.25) is 9.59 Å². The monoisotopic (exact) mass is 466 g/mol. The number of β-lactam (4-membered cyclic amide) rings is 1. The lowest BCUT2D eigenvalue weighted by Crippen LogP contribution is -2.45. The van der Waals surface area contributed by atoms with Crippen LogP contribution >= 0.6 is 0 Å². The van der Waals surface area contributed by atoms with Gasteiger partial charge < -0.3 is 19.6 Å². The van der Waals surface area contributed by atoms with Crippen molar-refractivity contribution in [2.75, 3.05) is 23.0 Å². The van der Waals surface area contributed by atoms with Crippen molar-refractivity contribution >= 4 is 23.2 Å².